The lowest BCUT2D eigenvalue weighted by Gasteiger charge is -2.34. The zero-order chi connectivity index (χ0) is 21.6. The molecule has 1 amide bonds. The van der Waals surface area contributed by atoms with E-state index in [1.54, 1.807) is 30.2 Å². The molecule has 0 aliphatic carbocycles. The molecule has 0 saturated carbocycles. The predicted octanol–water partition coefficient (Wildman–Crippen LogP) is 4.39. The van der Waals surface area contributed by atoms with Crippen molar-refractivity contribution in [2.75, 3.05) is 57.0 Å². The van der Waals surface area contributed by atoms with Crippen LogP contribution in [0, 0.1) is 0 Å². The quantitative estimate of drug-likeness (QED) is 0.470. The molecule has 1 aromatic heterocycles. The van der Waals surface area contributed by atoms with Gasteiger partial charge in [-0.15, -0.1) is 24.2 Å². The lowest BCUT2D eigenvalue weighted by Crippen LogP contribution is -2.48. The van der Waals surface area contributed by atoms with Crippen molar-refractivity contribution in [2.45, 2.75) is 11.8 Å². The molecule has 1 fully saturated rings. The summed E-state index contributed by atoms with van der Waals surface area (Å²) in [4.78, 5) is 23.1. The number of amides is 1. The number of benzene rings is 2. The Labute approximate surface area is 203 Å². The van der Waals surface area contributed by atoms with Gasteiger partial charge in [0.15, 0.2) is 5.13 Å². The molecule has 3 aromatic rings. The maximum Gasteiger partial charge on any atom is 0.251 e. The van der Waals surface area contributed by atoms with Gasteiger partial charge in [0.2, 0.25) is 0 Å². The van der Waals surface area contributed by atoms with E-state index in [1.807, 2.05) is 42.5 Å². The Morgan fingerprint density at radius 3 is 2.59 bits per heavy atom. The first-order chi connectivity index (χ1) is 15.2. The van der Waals surface area contributed by atoms with E-state index in [9.17, 15) is 4.79 Å². The number of ether oxygens (including phenoxy) is 1. The molecule has 0 atom stereocenters. The van der Waals surface area contributed by atoms with E-state index in [2.05, 4.69) is 22.0 Å². The summed E-state index contributed by atoms with van der Waals surface area (Å²) in [6.45, 7) is 7.48. The van der Waals surface area contributed by atoms with Crippen LogP contribution >= 0.6 is 35.5 Å². The van der Waals surface area contributed by atoms with Crippen LogP contribution in [0.2, 0.25) is 0 Å². The molecule has 4 rings (SSSR count). The smallest absolute Gasteiger partial charge is 0.251 e. The van der Waals surface area contributed by atoms with Crippen molar-refractivity contribution in [1.29, 1.82) is 0 Å². The maximum atomic E-state index is 12.4. The minimum Gasteiger partial charge on any atom is -0.497 e. The number of fused-ring (bicyclic) bond motifs is 1. The third kappa shape index (κ3) is 6.07. The van der Waals surface area contributed by atoms with Crippen molar-refractivity contribution in [3.63, 3.8) is 0 Å². The normalized spacial score (nSPS) is 14.2. The van der Waals surface area contributed by atoms with Crippen molar-refractivity contribution < 1.29 is 9.53 Å². The average molecular weight is 493 g/mol. The Morgan fingerprint density at radius 2 is 1.91 bits per heavy atom. The number of piperazine rings is 1. The lowest BCUT2D eigenvalue weighted by atomic mass is 10.2. The topological polar surface area (TPSA) is 57.7 Å². The van der Waals surface area contributed by atoms with Crippen molar-refractivity contribution in [1.82, 2.24) is 15.2 Å². The molecule has 32 heavy (non-hydrogen) atoms. The minimum absolute atomic E-state index is 0. The summed E-state index contributed by atoms with van der Waals surface area (Å²) in [5.41, 5.74) is 1.74. The summed E-state index contributed by atoms with van der Waals surface area (Å²) < 4.78 is 6.47. The molecule has 172 valence electrons. The van der Waals surface area contributed by atoms with Gasteiger partial charge in [0.1, 0.15) is 5.75 Å². The monoisotopic (exact) mass is 492 g/mol. The highest BCUT2D eigenvalue weighted by atomic mass is 35.5. The van der Waals surface area contributed by atoms with E-state index in [0.717, 1.165) is 65.1 Å². The van der Waals surface area contributed by atoms with Crippen LogP contribution in [0.25, 0.3) is 10.2 Å². The number of nitrogens with one attached hydrogen (secondary N) is 1. The molecule has 6 nitrogen and oxygen atoms in total. The first-order valence-electron chi connectivity index (χ1n) is 10.6. The fourth-order valence-electron chi connectivity index (χ4n) is 3.62. The summed E-state index contributed by atoms with van der Waals surface area (Å²) in [6, 6.07) is 13.9. The standard InChI is InChI=1S/C23H28N4O2S2.ClH/c1-3-30-19-7-4-17(5-8-19)22(28)24-10-11-26-12-14-27(15-13-26)23-25-20-9-6-18(29-2)16-21(20)31-23;/h4-9,16H,3,10-15H2,1-2H3,(H,24,28);1H. The fourth-order valence-corrected chi connectivity index (χ4v) is 5.32. The number of carbonyl (C=O) groups excluding carboxylic acids is 1. The molecule has 1 aliphatic heterocycles. The number of anilines is 1. The molecular formula is C23H29ClN4O2S2. The molecule has 2 heterocycles. The Balaban J connectivity index is 0.00000289. The van der Waals surface area contributed by atoms with E-state index >= 15 is 0 Å². The molecule has 0 radical (unpaired) electrons. The van der Waals surface area contributed by atoms with Gasteiger partial charge in [0.25, 0.3) is 5.91 Å². The number of methoxy groups -OCH3 is 1. The number of rotatable bonds is 8. The number of nitrogens with zero attached hydrogens (tertiary/aromatic N) is 3. The van der Waals surface area contributed by atoms with Crippen LogP contribution in [-0.2, 0) is 0 Å². The molecule has 1 aliphatic rings. The molecule has 1 saturated heterocycles. The molecule has 0 bridgehead atoms. The average Bonchev–Trinajstić information content (AvgIpc) is 3.23. The van der Waals surface area contributed by atoms with Crippen LogP contribution < -0.4 is 15.0 Å². The summed E-state index contributed by atoms with van der Waals surface area (Å²) >= 11 is 3.50. The fraction of sp³-hybridized carbons (Fsp3) is 0.391. The number of hydrogen-bond donors (Lipinski definition) is 1. The summed E-state index contributed by atoms with van der Waals surface area (Å²) in [7, 11) is 1.69. The first-order valence-corrected chi connectivity index (χ1v) is 12.4. The van der Waals surface area contributed by atoms with Gasteiger partial charge in [-0.25, -0.2) is 4.98 Å². The van der Waals surface area contributed by atoms with E-state index in [4.69, 9.17) is 9.72 Å². The Morgan fingerprint density at radius 1 is 1.16 bits per heavy atom. The van der Waals surface area contributed by atoms with Gasteiger partial charge in [-0.3, -0.25) is 9.69 Å². The number of hydrogen-bond acceptors (Lipinski definition) is 7. The van der Waals surface area contributed by atoms with Crippen LogP contribution in [0.5, 0.6) is 5.75 Å². The van der Waals surface area contributed by atoms with Crippen LogP contribution in [0.3, 0.4) is 0 Å². The molecule has 1 N–H and O–H groups in total. The highest BCUT2D eigenvalue weighted by Gasteiger charge is 2.20. The highest BCUT2D eigenvalue weighted by molar-refractivity contribution is 7.99. The first kappa shape index (κ1) is 24.6. The molecule has 9 heteroatoms. The summed E-state index contributed by atoms with van der Waals surface area (Å²) in [5.74, 6) is 1.90. The third-order valence-electron chi connectivity index (χ3n) is 5.37. The minimum atomic E-state index is -0.00316. The van der Waals surface area contributed by atoms with E-state index in [0.29, 0.717) is 6.54 Å². The maximum absolute atomic E-state index is 12.4. The Hall–Kier alpha value is -2.00. The second-order valence-electron chi connectivity index (χ2n) is 7.37. The van der Waals surface area contributed by atoms with Gasteiger partial charge in [0.05, 0.1) is 17.3 Å². The van der Waals surface area contributed by atoms with Gasteiger partial charge >= 0.3 is 0 Å². The Bertz CT molecular complexity index is 1020. The summed E-state index contributed by atoms with van der Waals surface area (Å²) in [5, 5.41) is 4.12. The molecule has 2 aromatic carbocycles. The van der Waals surface area contributed by atoms with E-state index < -0.39 is 0 Å². The predicted molar refractivity (Wildman–Crippen MR) is 137 cm³/mol. The van der Waals surface area contributed by atoms with Crippen molar-refractivity contribution in [2.24, 2.45) is 0 Å². The third-order valence-corrected chi connectivity index (χ3v) is 7.34. The van der Waals surface area contributed by atoms with Gasteiger partial charge in [-0.2, -0.15) is 0 Å². The zero-order valence-electron chi connectivity index (χ0n) is 18.4. The second-order valence-corrected chi connectivity index (χ2v) is 9.72. The van der Waals surface area contributed by atoms with Gasteiger partial charge in [0, 0.05) is 49.7 Å². The highest BCUT2D eigenvalue weighted by Crippen LogP contribution is 2.31. The van der Waals surface area contributed by atoms with Crippen LogP contribution in [0.1, 0.15) is 17.3 Å². The van der Waals surface area contributed by atoms with Gasteiger partial charge < -0.3 is 15.0 Å². The number of halogens is 1. The van der Waals surface area contributed by atoms with Crippen molar-refractivity contribution >= 4 is 56.8 Å². The van der Waals surface area contributed by atoms with Crippen LogP contribution in [0.15, 0.2) is 47.4 Å². The van der Waals surface area contributed by atoms with E-state index in [1.165, 1.54) is 4.90 Å². The largest absolute Gasteiger partial charge is 0.497 e. The molecule has 0 unspecified atom stereocenters. The van der Waals surface area contributed by atoms with Gasteiger partial charge in [-0.05, 0) is 48.2 Å². The van der Waals surface area contributed by atoms with Crippen molar-refractivity contribution in [3.8, 4) is 5.75 Å². The van der Waals surface area contributed by atoms with Gasteiger partial charge in [-0.1, -0.05) is 18.3 Å². The van der Waals surface area contributed by atoms with E-state index in [-0.39, 0.29) is 18.3 Å². The number of aromatic nitrogens is 1. The number of thioether (sulfide) groups is 1. The zero-order valence-corrected chi connectivity index (χ0v) is 20.8. The SMILES string of the molecule is CCSc1ccc(C(=O)NCCN2CCN(c3nc4ccc(OC)cc4s3)CC2)cc1.Cl. The number of carbonyl (C=O) groups is 1. The second kappa shape index (κ2) is 11.7. The molecular weight excluding hydrogens is 464 g/mol. The molecule has 0 spiro atoms. The lowest BCUT2D eigenvalue weighted by molar-refractivity contribution is 0.0947. The summed E-state index contributed by atoms with van der Waals surface area (Å²) in [6.07, 6.45) is 0. The number of thiazole rings is 1. The Kier molecular flexibility index (Phi) is 9.04. The van der Waals surface area contributed by atoms with Crippen molar-refractivity contribution in [3.05, 3.63) is 48.0 Å². The van der Waals surface area contributed by atoms with Crippen LogP contribution in [0.4, 0.5) is 5.13 Å². The van der Waals surface area contributed by atoms with Crippen LogP contribution in [-0.4, -0.2) is 67.9 Å².